The average molecular weight is 393 g/mol. The summed E-state index contributed by atoms with van der Waals surface area (Å²) in [6.07, 6.45) is 1.51. The van der Waals surface area contributed by atoms with Crippen molar-refractivity contribution in [3.05, 3.63) is 60.2 Å². The van der Waals surface area contributed by atoms with Crippen LogP contribution < -0.4 is 15.5 Å². The normalized spacial score (nSPS) is 13.6. The molecule has 1 aliphatic rings. The topological polar surface area (TPSA) is 87.2 Å². The first kappa shape index (κ1) is 18.1. The molecule has 2 aromatic carbocycles. The summed E-state index contributed by atoms with van der Waals surface area (Å²) in [7, 11) is 0. The number of nitrogens with zero attached hydrogens (tertiary/aromatic N) is 3. The molecule has 0 unspecified atom stereocenters. The van der Waals surface area contributed by atoms with Crippen LogP contribution in [0.1, 0.15) is 18.4 Å². The summed E-state index contributed by atoms with van der Waals surface area (Å²) in [5.74, 6) is 0.164. The van der Waals surface area contributed by atoms with Crippen LogP contribution in [0.4, 0.5) is 15.6 Å². The number of aromatic nitrogens is 2. The van der Waals surface area contributed by atoms with Crippen molar-refractivity contribution in [3.8, 4) is 10.6 Å². The van der Waals surface area contributed by atoms with Gasteiger partial charge in [-0.25, -0.2) is 4.79 Å². The second-order valence-electron chi connectivity index (χ2n) is 6.40. The highest BCUT2D eigenvalue weighted by Gasteiger charge is 2.21. The number of carbonyl (C=O) groups excluding carboxylic acids is 2. The molecule has 0 aliphatic carbocycles. The van der Waals surface area contributed by atoms with Gasteiger partial charge in [-0.3, -0.25) is 10.1 Å². The van der Waals surface area contributed by atoms with Crippen molar-refractivity contribution in [1.29, 1.82) is 0 Å². The molecular formula is C20H19N5O2S. The predicted molar refractivity (Wildman–Crippen MR) is 109 cm³/mol. The summed E-state index contributed by atoms with van der Waals surface area (Å²) in [4.78, 5) is 25.7. The minimum absolute atomic E-state index is 0.164. The van der Waals surface area contributed by atoms with E-state index in [2.05, 4.69) is 20.8 Å². The van der Waals surface area contributed by atoms with Crippen molar-refractivity contribution < 1.29 is 9.59 Å². The fraction of sp³-hybridized carbons (Fsp3) is 0.200. The summed E-state index contributed by atoms with van der Waals surface area (Å²) in [5, 5.41) is 14.8. The minimum Gasteiger partial charge on any atom is -0.334 e. The zero-order chi connectivity index (χ0) is 19.3. The molecule has 142 valence electrons. The second kappa shape index (κ2) is 8.18. The first-order valence-electron chi connectivity index (χ1n) is 9.02. The van der Waals surface area contributed by atoms with Crippen LogP contribution in [-0.4, -0.2) is 28.7 Å². The highest BCUT2D eigenvalue weighted by Crippen LogP contribution is 2.26. The zero-order valence-corrected chi connectivity index (χ0v) is 15.9. The monoisotopic (exact) mass is 393 g/mol. The fourth-order valence-corrected chi connectivity index (χ4v) is 3.75. The maximum Gasteiger partial charge on any atom is 0.321 e. The second-order valence-corrected chi connectivity index (χ2v) is 7.38. The third kappa shape index (κ3) is 4.17. The van der Waals surface area contributed by atoms with Gasteiger partial charge in [0, 0.05) is 30.8 Å². The van der Waals surface area contributed by atoms with Crippen LogP contribution in [0.3, 0.4) is 0 Å². The molecule has 8 heteroatoms. The number of hydrogen-bond acceptors (Lipinski definition) is 5. The first-order valence-corrected chi connectivity index (χ1v) is 9.84. The summed E-state index contributed by atoms with van der Waals surface area (Å²) >= 11 is 1.32. The van der Waals surface area contributed by atoms with Gasteiger partial charge in [-0.15, -0.1) is 10.2 Å². The number of rotatable bonds is 5. The average Bonchev–Trinajstić information content (AvgIpc) is 3.36. The lowest BCUT2D eigenvalue weighted by Gasteiger charge is -2.16. The maximum atomic E-state index is 12.1. The van der Waals surface area contributed by atoms with E-state index in [9.17, 15) is 9.59 Å². The van der Waals surface area contributed by atoms with Gasteiger partial charge in [0.05, 0.1) is 0 Å². The van der Waals surface area contributed by atoms with Gasteiger partial charge in [0.15, 0.2) is 0 Å². The Balaban J connectivity index is 1.30. The van der Waals surface area contributed by atoms with Gasteiger partial charge in [0.2, 0.25) is 11.0 Å². The number of amides is 3. The van der Waals surface area contributed by atoms with Gasteiger partial charge in [-0.2, -0.15) is 0 Å². The van der Waals surface area contributed by atoms with Gasteiger partial charge >= 0.3 is 6.03 Å². The maximum absolute atomic E-state index is 12.1. The standard InChI is InChI=1S/C20H19N5O2S/c26-17-7-4-12-25(17)16-10-8-14(9-11-16)13-21-19(27)22-20-24-23-18(28-20)15-5-2-1-3-6-15/h1-3,5-6,8-11H,4,7,12-13H2,(H2,21,22,24,27). The van der Waals surface area contributed by atoms with Gasteiger partial charge < -0.3 is 10.2 Å². The molecule has 1 aliphatic heterocycles. The summed E-state index contributed by atoms with van der Waals surface area (Å²) in [6, 6.07) is 17.0. The highest BCUT2D eigenvalue weighted by atomic mass is 32.1. The van der Waals surface area contributed by atoms with Gasteiger partial charge in [0.25, 0.3) is 0 Å². The molecule has 3 amide bonds. The van der Waals surface area contributed by atoms with Crippen LogP contribution in [0.2, 0.25) is 0 Å². The van der Waals surface area contributed by atoms with Crippen LogP contribution in [0.25, 0.3) is 10.6 Å². The molecule has 0 saturated carbocycles. The lowest BCUT2D eigenvalue weighted by Crippen LogP contribution is -2.28. The Morgan fingerprint density at radius 1 is 1.07 bits per heavy atom. The van der Waals surface area contributed by atoms with Crippen LogP contribution in [0.5, 0.6) is 0 Å². The Morgan fingerprint density at radius 3 is 2.57 bits per heavy atom. The molecule has 1 aromatic heterocycles. The lowest BCUT2D eigenvalue weighted by molar-refractivity contribution is -0.117. The van der Waals surface area contributed by atoms with Crippen LogP contribution in [0, 0.1) is 0 Å². The number of carbonyl (C=O) groups is 2. The molecule has 2 N–H and O–H groups in total. The number of nitrogens with one attached hydrogen (secondary N) is 2. The molecular weight excluding hydrogens is 374 g/mol. The number of anilines is 2. The Kier molecular flexibility index (Phi) is 5.29. The molecule has 1 fully saturated rings. The number of urea groups is 1. The lowest BCUT2D eigenvalue weighted by atomic mass is 10.2. The van der Waals surface area contributed by atoms with Crippen molar-refractivity contribution in [3.63, 3.8) is 0 Å². The van der Waals surface area contributed by atoms with Crippen molar-refractivity contribution in [2.24, 2.45) is 0 Å². The van der Waals surface area contributed by atoms with Crippen molar-refractivity contribution in [2.75, 3.05) is 16.8 Å². The Hall–Kier alpha value is -3.26. The minimum atomic E-state index is -0.338. The van der Waals surface area contributed by atoms with E-state index in [0.717, 1.165) is 34.8 Å². The molecule has 28 heavy (non-hydrogen) atoms. The third-order valence-electron chi connectivity index (χ3n) is 4.44. The van der Waals surface area contributed by atoms with Crippen LogP contribution >= 0.6 is 11.3 Å². The van der Waals surface area contributed by atoms with Crippen LogP contribution in [0.15, 0.2) is 54.6 Å². The SMILES string of the molecule is O=C(NCc1ccc(N2CCCC2=O)cc1)Nc1nnc(-c2ccccc2)s1. The quantitative estimate of drug-likeness (QED) is 0.693. The Morgan fingerprint density at radius 2 is 1.86 bits per heavy atom. The third-order valence-corrected chi connectivity index (χ3v) is 5.33. The summed E-state index contributed by atoms with van der Waals surface area (Å²) in [6.45, 7) is 1.15. The van der Waals surface area contributed by atoms with E-state index in [1.165, 1.54) is 11.3 Å². The Labute approximate surface area is 166 Å². The molecule has 4 rings (SSSR count). The van der Waals surface area contributed by atoms with Crippen molar-refractivity contribution in [2.45, 2.75) is 19.4 Å². The summed E-state index contributed by atoms with van der Waals surface area (Å²) in [5.41, 5.74) is 2.82. The van der Waals surface area contributed by atoms with E-state index in [-0.39, 0.29) is 11.9 Å². The van der Waals surface area contributed by atoms with E-state index in [1.807, 2.05) is 54.6 Å². The van der Waals surface area contributed by atoms with E-state index in [4.69, 9.17) is 0 Å². The summed E-state index contributed by atoms with van der Waals surface area (Å²) < 4.78 is 0. The molecule has 7 nitrogen and oxygen atoms in total. The molecule has 0 radical (unpaired) electrons. The number of hydrogen-bond donors (Lipinski definition) is 2. The molecule has 0 bridgehead atoms. The molecule has 0 atom stereocenters. The molecule has 0 spiro atoms. The molecule has 2 heterocycles. The smallest absolute Gasteiger partial charge is 0.321 e. The van der Waals surface area contributed by atoms with Crippen molar-refractivity contribution >= 4 is 34.1 Å². The van der Waals surface area contributed by atoms with E-state index < -0.39 is 0 Å². The zero-order valence-electron chi connectivity index (χ0n) is 15.1. The largest absolute Gasteiger partial charge is 0.334 e. The van der Waals surface area contributed by atoms with Gasteiger partial charge in [0.1, 0.15) is 5.01 Å². The highest BCUT2D eigenvalue weighted by molar-refractivity contribution is 7.18. The fourth-order valence-electron chi connectivity index (χ4n) is 3.01. The van der Waals surface area contributed by atoms with E-state index in [1.54, 1.807) is 4.90 Å². The number of benzene rings is 2. The first-order chi connectivity index (χ1) is 13.7. The predicted octanol–water partition coefficient (Wildman–Crippen LogP) is 3.65. The van der Waals surface area contributed by atoms with E-state index >= 15 is 0 Å². The van der Waals surface area contributed by atoms with Crippen LogP contribution in [-0.2, 0) is 11.3 Å². The molecule has 1 saturated heterocycles. The molecule has 3 aromatic rings. The van der Waals surface area contributed by atoms with Crippen molar-refractivity contribution in [1.82, 2.24) is 15.5 Å². The van der Waals surface area contributed by atoms with E-state index in [0.29, 0.717) is 18.1 Å². The Bertz CT molecular complexity index is 972. The van der Waals surface area contributed by atoms with Gasteiger partial charge in [-0.05, 0) is 24.1 Å². The van der Waals surface area contributed by atoms with Gasteiger partial charge in [-0.1, -0.05) is 53.8 Å².